The second-order valence-corrected chi connectivity index (χ2v) is 7.31. The predicted molar refractivity (Wildman–Crippen MR) is 118 cm³/mol. The average Bonchev–Trinajstić information content (AvgIpc) is 2.67. The van der Waals surface area contributed by atoms with Gasteiger partial charge in [0, 0.05) is 31.2 Å². The number of nitrogens with one attached hydrogen (secondary N) is 2. The van der Waals surface area contributed by atoms with Gasteiger partial charge in [-0.2, -0.15) is 0 Å². The zero-order valence-corrected chi connectivity index (χ0v) is 18.8. The number of carbonyl (C=O) groups excluding carboxylic acids is 1. The van der Waals surface area contributed by atoms with Crippen LogP contribution >= 0.6 is 28.3 Å². The molecule has 154 valence electrons. The number of halogens is 2. The van der Waals surface area contributed by atoms with Crippen molar-refractivity contribution in [2.24, 2.45) is 0 Å². The molecule has 2 unspecified atom stereocenters. The van der Waals surface area contributed by atoms with Gasteiger partial charge in [-0.1, -0.05) is 40.2 Å². The molecule has 1 amide bonds. The normalized spacial score (nSPS) is 12.6. The van der Waals surface area contributed by atoms with Crippen molar-refractivity contribution in [3.63, 3.8) is 0 Å². The van der Waals surface area contributed by atoms with Crippen LogP contribution in [0.3, 0.4) is 0 Å². The summed E-state index contributed by atoms with van der Waals surface area (Å²) in [5.41, 5.74) is 2.35. The molecule has 0 fully saturated rings. The molecule has 0 aliphatic rings. The van der Waals surface area contributed by atoms with Crippen LogP contribution in [0.4, 0.5) is 0 Å². The summed E-state index contributed by atoms with van der Waals surface area (Å²) < 4.78 is 12.1. The first kappa shape index (κ1) is 24.4. The third-order valence-corrected chi connectivity index (χ3v) is 4.76. The molecule has 2 aromatic rings. The van der Waals surface area contributed by atoms with Crippen molar-refractivity contribution in [1.29, 1.82) is 0 Å². The molecule has 5 nitrogen and oxygen atoms in total. The molecule has 0 radical (unpaired) electrons. The highest BCUT2D eigenvalue weighted by Gasteiger charge is 2.12. The number of methoxy groups -OCH3 is 1. The minimum atomic E-state index is -0.143. The third kappa shape index (κ3) is 8.19. The zero-order valence-electron chi connectivity index (χ0n) is 16.4. The number of amides is 1. The highest BCUT2D eigenvalue weighted by atomic mass is 79.9. The van der Waals surface area contributed by atoms with Gasteiger partial charge >= 0.3 is 0 Å². The van der Waals surface area contributed by atoms with Gasteiger partial charge in [0.15, 0.2) is 6.61 Å². The first-order chi connectivity index (χ1) is 13.0. The van der Waals surface area contributed by atoms with Gasteiger partial charge in [0.05, 0.1) is 6.10 Å². The van der Waals surface area contributed by atoms with E-state index in [9.17, 15) is 4.79 Å². The monoisotopic (exact) mass is 470 g/mol. The molecule has 28 heavy (non-hydrogen) atoms. The second kappa shape index (κ2) is 12.8. The molecule has 2 rings (SSSR count). The fraction of sp³-hybridized carbons (Fsp3) is 0.381. The number of hydrogen-bond acceptors (Lipinski definition) is 4. The van der Waals surface area contributed by atoms with Gasteiger partial charge in [0.1, 0.15) is 5.75 Å². The number of carbonyl (C=O) groups is 1. The topological polar surface area (TPSA) is 59.6 Å². The molecule has 0 aliphatic heterocycles. The van der Waals surface area contributed by atoms with Crippen LogP contribution in [0.5, 0.6) is 5.75 Å². The van der Waals surface area contributed by atoms with Crippen molar-refractivity contribution in [3.05, 3.63) is 64.1 Å². The highest BCUT2D eigenvalue weighted by Crippen LogP contribution is 2.20. The lowest BCUT2D eigenvalue weighted by molar-refractivity contribution is -0.122. The molecule has 0 heterocycles. The van der Waals surface area contributed by atoms with Crippen molar-refractivity contribution < 1.29 is 14.3 Å². The van der Waals surface area contributed by atoms with Crippen LogP contribution in [0.25, 0.3) is 0 Å². The largest absolute Gasteiger partial charge is 0.484 e. The molecular weight excluding hydrogens is 444 g/mol. The quantitative estimate of drug-likeness (QED) is 0.552. The van der Waals surface area contributed by atoms with E-state index in [0.29, 0.717) is 11.8 Å². The maximum absolute atomic E-state index is 11.2. The number of rotatable bonds is 10. The summed E-state index contributed by atoms with van der Waals surface area (Å²) in [5, 5.41) is 6.07. The Morgan fingerprint density at radius 1 is 1.18 bits per heavy atom. The molecule has 0 saturated carbocycles. The summed E-state index contributed by atoms with van der Waals surface area (Å²) >= 11 is 3.50. The summed E-state index contributed by atoms with van der Waals surface area (Å²) in [6.07, 6.45) is 0.899. The fourth-order valence-electron chi connectivity index (χ4n) is 2.72. The van der Waals surface area contributed by atoms with E-state index in [-0.39, 0.29) is 31.0 Å². The summed E-state index contributed by atoms with van der Waals surface area (Å²) in [7, 11) is 3.32. The molecule has 0 spiro atoms. The summed E-state index contributed by atoms with van der Waals surface area (Å²) in [6.45, 7) is 2.92. The Hall–Kier alpha value is -1.60. The molecule has 7 heteroatoms. The maximum atomic E-state index is 11.2. The van der Waals surface area contributed by atoms with Gasteiger partial charge in [-0.25, -0.2) is 0 Å². The van der Waals surface area contributed by atoms with Crippen LogP contribution < -0.4 is 15.4 Å². The van der Waals surface area contributed by atoms with Crippen LogP contribution in [0, 0.1) is 0 Å². The zero-order chi connectivity index (χ0) is 19.6. The van der Waals surface area contributed by atoms with Gasteiger partial charge < -0.3 is 20.1 Å². The Morgan fingerprint density at radius 2 is 1.89 bits per heavy atom. The lowest BCUT2D eigenvalue weighted by Crippen LogP contribution is -2.32. The standard InChI is InChI=1S/C21H27BrN2O3.ClH/c1-15(24-13-20(26-3)17-5-4-6-18(22)12-17)11-16-7-9-19(10-8-16)27-14-21(25)23-2;/h4-10,12,15,20,24H,11,13-14H2,1-3H3,(H,23,25);1H. The van der Waals surface area contributed by atoms with Crippen molar-refractivity contribution in [1.82, 2.24) is 10.6 Å². The van der Waals surface area contributed by atoms with Gasteiger partial charge in [0.2, 0.25) is 0 Å². The molecule has 2 atom stereocenters. The van der Waals surface area contributed by atoms with Crippen molar-refractivity contribution in [2.45, 2.75) is 25.5 Å². The summed E-state index contributed by atoms with van der Waals surface area (Å²) in [5.74, 6) is 0.548. The third-order valence-electron chi connectivity index (χ3n) is 4.27. The minimum absolute atomic E-state index is 0. The highest BCUT2D eigenvalue weighted by molar-refractivity contribution is 9.10. The molecule has 0 aliphatic carbocycles. The first-order valence-corrected chi connectivity index (χ1v) is 9.75. The second-order valence-electron chi connectivity index (χ2n) is 6.40. The molecular formula is C21H28BrClN2O3. The van der Waals surface area contributed by atoms with E-state index in [4.69, 9.17) is 9.47 Å². The van der Waals surface area contributed by atoms with Gasteiger partial charge in [0.25, 0.3) is 5.91 Å². The lowest BCUT2D eigenvalue weighted by atomic mass is 10.1. The maximum Gasteiger partial charge on any atom is 0.257 e. The van der Waals surface area contributed by atoms with Crippen molar-refractivity contribution in [3.8, 4) is 5.75 Å². The molecule has 0 saturated heterocycles. The Balaban J connectivity index is 0.00000392. The number of benzene rings is 2. The van der Waals surface area contributed by atoms with Crippen molar-refractivity contribution >= 4 is 34.2 Å². The first-order valence-electron chi connectivity index (χ1n) is 8.95. The Bertz CT molecular complexity index is 728. The summed E-state index contributed by atoms with van der Waals surface area (Å²) in [4.78, 5) is 11.2. The number of ether oxygens (including phenoxy) is 2. The number of hydrogen-bond donors (Lipinski definition) is 2. The summed E-state index contributed by atoms with van der Waals surface area (Å²) in [6, 6.07) is 16.3. The van der Waals surface area contributed by atoms with E-state index in [1.54, 1.807) is 14.2 Å². The van der Waals surface area contributed by atoms with Crippen LogP contribution in [-0.4, -0.2) is 39.3 Å². The van der Waals surface area contributed by atoms with Crippen LogP contribution in [0.2, 0.25) is 0 Å². The molecule has 2 N–H and O–H groups in total. The fourth-order valence-corrected chi connectivity index (χ4v) is 3.14. The van der Waals surface area contributed by atoms with E-state index in [2.05, 4.69) is 45.6 Å². The predicted octanol–water partition coefficient (Wildman–Crippen LogP) is 3.90. The van der Waals surface area contributed by atoms with Crippen LogP contribution in [0.1, 0.15) is 24.2 Å². The Morgan fingerprint density at radius 3 is 2.50 bits per heavy atom. The van der Waals surface area contributed by atoms with E-state index < -0.39 is 0 Å². The molecule has 2 aromatic carbocycles. The van der Waals surface area contributed by atoms with Crippen LogP contribution in [-0.2, 0) is 16.0 Å². The molecule has 0 bridgehead atoms. The Labute approximate surface area is 181 Å². The SMILES string of the molecule is CNC(=O)COc1ccc(CC(C)NCC(OC)c2cccc(Br)c2)cc1.Cl. The van der Waals surface area contributed by atoms with Crippen molar-refractivity contribution in [2.75, 3.05) is 27.3 Å². The van der Waals surface area contributed by atoms with E-state index in [0.717, 1.165) is 23.0 Å². The number of likely N-dealkylation sites (N-methyl/N-ethyl adjacent to an activating group) is 1. The lowest BCUT2D eigenvalue weighted by Gasteiger charge is -2.20. The van der Waals surface area contributed by atoms with Crippen LogP contribution in [0.15, 0.2) is 53.0 Å². The van der Waals surface area contributed by atoms with E-state index >= 15 is 0 Å². The Kier molecular flexibility index (Phi) is 11.2. The smallest absolute Gasteiger partial charge is 0.257 e. The van der Waals surface area contributed by atoms with E-state index in [1.165, 1.54) is 5.56 Å². The molecule has 0 aromatic heterocycles. The van der Waals surface area contributed by atoms with Gasteiger partial charge in [-0.05, 0) is 48.7 Å². The van der Waals surface area contributed by atoms with Gasteiger partial charge in [-0.15, -0.1) is 12.4 Å². The van der Waals surface area contributed by atoms with E-state index in [1.807, 2.05) is 36.4 Å². The van der Waals surface area contributed by atoms with Gasteiger partial charge in [-0.3, -0.25) is 4.79 Å². The minimum Gasteiger partial charge on any atom is -0.484 e. The average molecular weight is 472 g/mol.